The largest absolute Gasteiger partial charge is 0.279 e. The van der Waals surface area contributed by atoms with Crippen molar-refractivity contribution >= 4 is 131 Å². The van der Waals surface area contributed by atoms with E-state index in [1.165, 1.54) is 0 Å². The molecule has 4 nitrogen and oxygen atoms in total. The quantitative estimate of drug-likeness (QED) is 0.258. The van der Waals surface area contributed by atoms with Gasteiger partial charge in [0.2, 0.25) is 5.95 Å². The molecule has 0 unspecified atom stereocenters. The van der Waals surface area contributed by atoms with Crippen LogP contribution in [0.15, 0.2) is 65.1 Å². The molecule has 6 rings (SSSR count). The number of hydrogen-bond acceptors (Lipinski definition) is 3. The van der Waals surface area contributed by atoms with Gasteiger partial charge >= 0.3 is 0 Å². The third-order valence-electron chi connectivity index (χ3n) is 6.74. The Labute approximate surface area is 243 Å². The van der Waals surface area contributed by atoms with Crippen LogP contribution in [0.25, 0.3) is 50.5 Å². The highest BCUT2D eigenvalue weighted by Gasteiger charge is 2.25. The second-order valence-corrected chi connectivity index (χ2v) is 9.80. The van der Waals surface area contributed by atoms with Crippen LogP contribution in [0, 0.1) is 0 Å². The van der Waals surface area contributed by atoms with Crippen molar-refractivity contribution < 1.29 is 0 Å². The first-order valence-corrected chi connectivity index (χ1v) is 12.6. The molecule has 0 N–H and O–H groups in total. The van der Waals surface area contributed by atoms with Crippen molar-refractivity contribution in [2.75, 3.05) is 0 Å². The Hall–Kier alpha value is -3.38. The molecule has 0 saturated heterocycles. The highest BCUT2D eigenvalue weighted by Crippen LogP contribution is 2.29. The topological polar surface area (TPSA) is 43.6 Å². The third kappa shape index (κ3) is 3.95. The maximum absolute atomic E-state index is 6.62. The number of benzene rings is 4. The Morgan fingerprint density at radius 3 is 1.44 bits per heavy atom. The van der Waals surface area contributed by atoms with Gasteiger partial charge in [-0.05, 0) is 5.39 Å². The van der Waals surface area contributed by atoms with Crippen LogP contribution < -0.4 is 38.2 Å². The van der Waals surface area contributed by atoms with Crippen LogP contribution in [0.5, 0.6) is 0 Å². The number of fused-ring (bicyclic) bond motifs is 3. The van der Waals surface area contributed by atoms with Gasteiger partial charge < -0.3 is 0 Å². The van der Waals surface area contributed by atoms with Gasteiger partial charge in [0.05, 0.1) is 0 Å². The SMILES string of the molecule is [B]c1c([B])c([B])c2c(c1[B])c1c([B])c(Br)c([B])c([B])c1n2-c1nc(-c2ccccc2)nc(-c2ccccc2)n1. The predicted octanol–water partition coefficient (Wildman–Crippen LogP) is -1.38. The summed E-state index contributed by atoms with van der Waals surface area (Å²) in [6.07, 6.45) is 0. The normalized spacial score (nSPS) is 11.4. The van der Waals surface area contributed by atoms with Crippen molar-refractivity contribution in [3.8, 4) is 28.7 Å². The van der Waals surface area contributed by atoms with Crippen LogP contribution in [0.2, 0.25) is 0 Å². The minimum Gasteiger partial charge on any atom is -0.279 e. The molecule has 0 amide bonds. The van der Waals surface area contributed by atoms with E-state index in [9.17, 15) is 0 Å². The van der Waals surface area contributed by atoms with Gasteiger partial charge in [0.1, 0.15) is 54.9 Å². The first kappa shape index (κ1) is 25.9. The molecule has 0 atom stereocenters. The predicted molar refractivity (Wildman–Crippen MR) is 170 cm³/mol. The standard InChI is InChI=1S/C27H10B7BrN4/c28-15-13-14-16(29)22(35)19(32)21(34)24(14)39(23(13)20(33)18(31)17(15)30)27-37-25(11-7-3-1-4-8-11)36-26(38-27)12-9-5-2-6-10-12/h1-10H. The van der Waals surface area contributed by atoms with Gasteiger partial charge in [-0.15, -0.1) is 10.9 Å². The van der Waals surface area contributed by atoms with E-state index < -0.39 is 0 Å². The Morgan fingerprint density at radius 2 is 0.923 bits per heavy atom. The van der Waals surface area contributed by atoms with Crippen LogP contribution in [0.4, 0.5) is 0 Å². The molecule has 14 radical (unpaired) electrons. The Balaban J connectivity index is 1.85. The number of halogens is 1. The maximum atomic E-state index is 6.62. The molecular weight excluding hydrogens is 536 g/mol. The van der Waals surface area contributed by atoms with E-state index in [4.69, 9.17) is 69.9 Å². The summed E-state index contributed by atoms with van der Waals surface area (Å²) in [5, 5.41) is 0.949. The molecule has 0 aliphatic carbocycles. The van der Waals surface area contributed by atoms with Gasteiger partial charge in [-0.25, -0.2) is 4.98 Å². The zero-order valence-corrected chi connectivity index (χ0v) is 22.1. The van der Waals surface area contributed by atoms with Crippen molar-refractivity contribution in [1.82, 2.24) is 19.5 Å². The Bertz CT molecular complexity index is 1810. The summed E-state index contributed by atoms with van der Waals surface area (Å²) in [5.41, 5.74) is 3.76. The molecule has 12 heteroatoms. The van der Waals surface area contributed by atoms with Crippen molar-refractivity contribution in [2.24, 2.45) is 0 Å². The first-order chi connectivity index (χ1) is 18.7. The number of nitrogens with zero attached hydrogens (tertiary/aromatic N) is 4. The van der Waals surface area contributed by atoms with Crippen molar-refractivity contribution in [2.45, 2.75) is 0 Å². The molecule has 4 aromatic carbocycles. The fourth-order valence-electron chi connectivity index (χ4n) is 4.76. The van der Waals surface area contributed by atoms with Crippen molar-refractivity contribution in [3.05, 3.63) is 65.1 Å². The molecule has 39 heavy (non-hydrogen) atoms. The molecule has 0 fully saturated rings. The molecular formula is C27H10B7BrN4. The molecule has 0 spiro atoms. The maximum Gasteiger partial charge on any atom is 0.238 e. The lowest BCUT2D eigenvalue weighted by molar-refractivity contribution is 0.956. The fraction of sp³-hybridized carbons (Fsp3) is 0. The number of aromatic nitrogens is 4. The monoisotopic (exact) mass is 546 g/mol. The Morgan fingerprint density at radius 1 is 0.487 bits per heavy atom. The van der Waals surface area contributed by atoms with E-state index in [1.54, 1.807) is 4.57 Å². The zero-order valence-electron chi connectivity index (χ0n) is 20.5. The van der Waals surface area contributed by atoms with Gasteiger partial charge in [0, 0.05) is 32.0 Å². The van der Waals surface area contributed by atoms with Gasteiger partial charge in [-0.3, -0.25) is 4.57 Å². The van der Waals surface area contributed by atoms with Gasteiger partial charge in [-0.2, -0.15) is 9.97 Å². The van der Waals surface area contributed by atoms with Crippen LogP contribution in [0.3, 0.4) is 0 Å². The summed E-state index contributed by atoms with van der Waals surface area (Å²) in [5.74, 6) is 1.08. The average Bonchev–Trinajstić information content (AvgIpc) is 3.34. The van der Waals surface area contributed by atoms with Crippen LogP contribution in [-0.2, 0) is 0 Å². The minimum atomic E-state index is 0.119. The van der Waals surface area contributed by atoms with Crippen molar-refractivity contribution in [1.29, 1.82) is 0 Å². The summed E-state index contributed by atoms with van der Waals surface area (Å²) < 4.78 is 2.09. The van der Waals surface area contributed by atoms with E-state index in [2.05, 4.69) is 15.9 Å². The van der Waals surface area contributed by atoms with Gasteiger partial charge in [-0.1, -0.05) is 104 Å². The van der Waals surface area contributed by atoms with Crippen molar-refractivity contribution in [3.63, 3.8) is 0 Å². The lowest BCUT2D eigenvalue weighted by atomic mass is 9.65. The smallest absolute Gasteiger partial charge is 0.238 e. The first-order valence-electron chi connectivity index (χ1n) is 11.8. The summed E-state index contributed by atoms with van der Waals surface area (Å²) in [4.78, 5) is 14.4. The second kappa shape index (κ2) is 9.67. The van der Waals surface area contributed by atoms with E-state index >= 15 is 0 Å². The molecule has 2 heterocycles. The Kier molecular flexibility index (Phi) is 6.42. The number of hydrogen-bond donors (Lipinski definition) is 0. The fourth-order valence-corrected chi connectivity index (χ4v) is 5.17. The van der Waals surface area contributed by atoms with Crippen LogP contribution in [-0.4, -0.2) is 74.4 Å². The van der Waals surface area contributed by atoms with Gasteiger partial charge in [0.15, 0.2) is 11.6 Å². The average molecular weight is 546 g/mol. The third-order valence-corrected chi connectivity index (χ3v) is 7.60. The number of rotatable bonds is 3. The highest BCUT2D eigenvalue weighted by atomic mass is 79.9. The van der Waals surface area contributed by atoms with E-state index in [0.29, 0.717) is 43.4 Å². The van der Waals surface area contributed by atoms with E-state index in [1.807, 2.05) is 60.7 Å². The molecule has 2 aromatic heterocycles. The molecule has 0 aliphatic heterocycles. The molecule has 6 aromatic rings. The van der Waals surface area contributed by atoms with Crippen LogP contribution >= 0.6 is 15.9 Å². The molecule has 0 aliphatic rings. The van der Waals surface area contributed by atoms with E-state index in [-0.39, 0.29) is 38.7 Å². The molecule has 166 valence electrons. The highest BCUT2D eigenvalue weighted by molar-refractivity contribution is 9.10. The zero-order chi connectivity index (χ0) is 27.6. The lowest BCUT2D eigenvalue weighted by Gasteiger charge is -2.17. The second-order valence-electron chi connectivity index (χ2n) is 9.01. The van der Waals surface area contributed by atoms with Gasteiger partial charge in [0.25, 0.3) is 0 Å². The minimum absolute atomic E-state index is 0.119. The van der Waals surface area contributed by atoms with Crippen LogP contribution in [0.1, 0.15) is 0 Å². The summed E-state index contributed by atoms with van der Waals surface area (Å²) in [6.45, 7) is 0. The van der Waals surface area contributed by atoms with E-state index in [0.717, 1.165) is 11.1 Å². The molecule has 0 saturated carbocycles. The lowest BCUT2D eigenvalue weighted by Crippen LogP contribution is -2.48. The summed E-state index contributed by atoms with van der Waals surface area (Å²) >= 11 is 3.45. The summed E-state index contributed by atoms with van der Waals surface area (Å²) in [7, 11) is 45.2. The summed E-state index contributed by atoms with van der Waals surface area (Å²) in [6, 6.07) is 19.1. The molecule has 0 bridgehead atoms.